The predicted molar refractivity (Wildman–Crippen MR) is 70.6 cm³/mol. The lowest BCUT2D eigenvalue weighted by molar-refractivity contribution is -0.0117. The lowest BCUT2D eigenvalue weighted by Gasteiger charge is -2.44. The summed E-state index contributed by atoms with van der Waals surface area (Å²) in [5, 5.41) is 0. The van der Waals surface area contributed by atoms with E-state index in [1.807, 2.05) is 12.1 Å². The van der Waals surface area contributed by atoms with E-state index in [2.05, 4.69) is 20.7 Å². The van der Waals surface area contributed by atoms with E-state index >= 15 is 0 Å². The molecule has 1 aromatic rings. The Bertz CT molecular complexity index is 451. The maximum Gasteiger partial charge on any atom is 0.128 e. The van der Waals surface area contributed by atoms with Crippen LogP contribution in [0.5, 0.6) is 0 Å². The van der Waals surface area contributed by atoms with Gasteiger partial charge in [0.2, 0.25) is 0 Å². The molecule has 2 aliphatic rings. The van der Waals surface area contributed by atoms with Crippen molar-refractivity contribution in [2.24, 2.45) is 0 Å². The average molecular weight is 243 g/mol. The third-order valence-electron chi connectivity index (χ3n) is 3.68. The molecule has 0 unspecified atom stereocenters. The first-order valence-corrected chi connectivity index (χ1v) is 6.36. The van der Waals surface area contributed by atoms with E-state index in [0.717, 1.165) is 50.8 Å². The SMILES string of the molecule is C#Cc1ccc(N2CCN3CCOC[C@H]3C2)nc1. The van der Waals surface area contributed by atoms with Crippen molar-refractivity contribution in [2.45, 2.75) is 6.04 Å². The van der Waals surface area contributed by atoms with Crippen LogP contribution in [0.1, 0.15) is 5.56 Å². The monoisotopic (exact) mass is 243 g/mol. The van der Waals surface area contributed by atoms with Crippen molar-refractivity contribution in [1.29, 1.82) is 0 Å². The summed E-state index contributed by atoms with van der Waals surface area (Å²) in [5.74, 6) is 3.61. The van der Waals surface area contributed by atoms with E-state index in [1.54, 1.807) is 6.20 Å². The zero-order valence-corrected chi connectivity index (χ0v) is 10.4. The number of nitrogens with zero attached hydrogens (tertiary/aromatic N) is 3. The number of morpholine rings is 1. The summed E-state index contributed by atoms with van der Waals surface area (Å²) >= 11 is 0. The fraction of sp³-hybridized carbons (Fsp3) is 0.500. The largest absolute Gasteiger partial charge is 0.378 e. The van der Waals surface area contributed by atoms with E-state index in [0.29, 0.717) is 6.04 Å². The highest BCUT2D eigenvalue weighted by Crippen LogP contribution is 2.19. The Labute approximate surface area is 108 Å². The lowest BCUT2D eigenvalue weighted by atomic mass is 10.1. The van der Waals surface area contributed by atoms with Crippen LogP contribution in [0.4, 0.5) is 5.82 Å². The van der Waals surface area contributed by atoms with Gasteiger partial charge in [0.1, 0.15) is 5.82 Å². The molecule has 18 heavy (non-hydrogen) atoms. The molecule has 3 rings (SSSR count). The third-order valence-corrected chi connectivity index (χ3v) is 3.68. The molecule has 0 aromatic carbocycles. The van der Waals surface area contributed by atoms with Gasteiger partial charge < -0.3 is 9.64 Å². The summed E-state index contributed by atoms with van der Waals surface area (Å²) in [4.78, 5) is 9.26. The minimum Gasteiger partial charge on any atom is -0.378 e. The molecular formula is C14H17N3O. The van der Waals surface area contributed by atoms with E-state index in [-0.39, 0.29) is 0 Å². The number of pyridine rings is 1. The van der Waals surface area contributed by atoms with Crippen LogP contribution in [0.25, 0.3) is 0 Å². The molecule has 2 aliphatic heterocycles. The Morgan fingerprint density at radius 2 is 2.28 bits per heavy atom. The highest BCUT2D eigenvalue weighted by atomic mass is 16.5. The van der Waals surface area contributed by atoms with Gasteiger partial charge in [-0.1, -0.05) is 5.92 Å². The van der Waals surface area contributed by atoms with Gasteiger partial charge in [-0.25, -0.2) is 4.98 Å². The van der Waals surface area contributed by atoms with Crippen LogP contribution in [-0.2, 0) is 4.74 Å². The summed E-state index contributed by atoms with van der Waals surface area (Å²) < 4.78 is 5.54. The molecule has 94 valence electrons. The Kier molecular flexibility index (Phi) is 3.18. The standard InChI is InChI=1S/C14H17N3O/c1-2-12-3-4-14(15-9-12)17-6-5-16-7-8-18-11-13(16)10-17/h1,3-4,9,13H,5-8,10-11H2/t13-/m1/s1. The topological polar surface area (TPSA) is 28.6 Å². The van der Waals surface area contributed by atoms with Gasteiger partial charge in [-0.2, -0.15) is 0 Å². The number of ether oxygens (including phenoxy) is 1. The zero-order chi connectivity index (χ0) is 12.4. The van der Waals surface area contributed by atoms with Crippen LogP contribution in [-0.4, -0.2) is 55.3 Å². The Morgan fingerprint density at radius 1 is 1.33 bits per heavy atom. The first-order valence-electron chi connectivity index (χ1n) is 6.36. The van der Waals surface area contributed by atoms with Gasteiger partial charge in [0.25, 0.3) is 0 Å². The van der Waals surface area contributed by atoms with Crippen LogP contribution in [0.15, 0.2) is 18.3 Å². The molecular weight excluding hydrogens is 226 g/mol. The molecule has 0 radical (unpaired) electrons. The van der Waals surface area contributed by atoms with E-state index in [9.17, 15) is 0 Å². The van der Waals surface area contributed by atoms with Crippen LogP contribution >= 0.6 is 0 Å². The van der Waals surface area contributed by atoms with Crippen molar-refractivity contribution in [3.05, 3.63) is 23.9 Å². The molecule has 0 amide bonds. The van der Waals surface area contributed by atoms with Gasteiger partial charge in [0.15, 0.2) is 0 Å². The van der Waals surface area contributed by atoms with Crippen molar-refractivity contribution in [2.75, 3.05) is 44.3 Å². The fourth-order valence-electron chi connectivity index (χ4n) is 2.61. The van der Waals surface area contributed by atoms with Crippen molar-refractivity contribution < 1.29 is 4.74 Å². The maximum atomic E-state index is 5.54. The van der Waals surface area contributed by atoms with Crippen LogP contribution in [0, 0.1) is 12.3 Å². The quantitative estimate of drug-likeness (QED) is 0.675. The molecule has 1 atom stereocenters. The maximum absolute atomic E-state index is 5.54. The first kappa shape index (κ1) is 11.5. The molecule has 3 heterocycles. The van der Waals surface area contributed by atoms with E-state index in [1.165, 1.54) is 0 Å². The number of piperazine rings is 1. The van der Waals surface area contributed by atoms with Gasteiger partial charge >= 0.3 is 0 Å². The summed E-state index contributed by atoms with van der Waals surface area (Å²) in [7, 11) is 0. The van der Waals surface area contributed by atoms with Crippen molar-refractivity contribution >= 4 is 5.82 Å². The number of anilines is 1. The van der Waals surface area contributed by atoms with Gasteiger partial charge in [0.05, 0.1) is 19.3 Å². The normalized spacial score (nSPS) is 24.4. The number of hydrogen-bond acceptors (Lipinski definition) is 4. The van der Waals surface area contributed by atoms with E-state index in [4.69, 9.17) is 11.2 Å². The Hall–Kier alpha value is -1.57. The van der Waals surface area contributed by atoms with E-state index < -0.39 is 0 Å². The second-order valence-electron chi connectivity index (χ2n) is 4.76. The first-order chi connectivity index (χ1) is 8.86. The number of aromatic nitrogens is 1. The smallest absolute Gasteiger partial charge is 0.128 e. The molecule has 0 spiro atoms. The highest BCUT2D eigenvalue weighted by Gasteiger charge is 2.29. The fourth-order valence-corrected chi connectivity index (χ4v) is 2.61. The average Bonchev–Trinajstić information content (AvgIpc) is 2.47. The zero-order valence-electron chi connectivity index (χ0n) is 10.4. The summed E-state index contributed by atoms with van der Waals surface area (Å²) in [5.41, 5.74) is 0.832. The molecule has 0 bridgehead atoms. The number of hydrogen-bond donors (Lipinski definition) is 0. The molecule has 2 saturated heterocycles. The number of rotatable bonds is 1. The third kappa shape index (κ3) is 2.20. The second kappa shape index (κ2) is 4.97. The van der Waals surface area contributed by atoms with Crippen molar-refractivity contribution in [1.82, 2.24) is 9.88 Å². The van der Waals surface area contributed by atoms with Crippen LogP contribution < -0.4 is 4.90 Å². The van der Waals surface area contributed by atoms with Crippen LogP contribution in [0.3, 0.4) is 0 Å². The summed E-state index contributed by atoms with van der Waals surface area (Å²) in [6.45, 7) is 5.86. The van der Waals surface area contributed by atoms with Crippen molar-refractivity contribution in [3.8, 4) is 12.3 Å². The molecule has 4 heteroatoms. The minimum atomic E-state index is 0.501. The second-order valence-corrected chi connectivity index (χ2v) is 4.76. The number of terminal acetylenes is 1. The summed E-state index contributed by atoms with van der Waals surface area (Å²) in [6.07, 6.45) is 7.10. The molecule has 0 N–H and O–H groups in total. The predicted octanol–water partition coefficient (Wildman–Crippen LogP) is 0.584. The van der Waals surface area contributed by atoms with Gasteiger partial charge in [0, 0.05) is 37.9 Å². The summed E-state index contributed by atoms with van der Waals surface area (Å²) in [6, 6.07) is 4.46. The van der Waals surface area contributed by atoms with Gasteiger partial charge in [-0.05, 0) is 12.1 Å². The van der Waals surface area contributed by atoms with Crippen molar-refractivity contribution in [3.63, 3.8) is 0 Å². The minimum absolute atomic E-state index is 0.501. The molecule has 2 fully saturated rings. The molecule has 0 saturated carbocycles. The van der Waals surface area contributed by atoms with Gasteiger partial charge in [-0.3, -0.25) is 4.90 Å². The van der Waals surface area contributed by atoms with Gasteiger partial charge in [-0.15, -0.1) is 6.42 Å². The lowest BCUT2D eigenvalue weighted by Crippen LogP contribution is -2.58. The molecule has 4 nitrogen and oxygen atoms in total. The molecule has 1 aromatic heterocycles. The van der Waals surface area contributed by atoms with Crippen LogP contribution in [0.2, 0.25) is 0 Å². The Morgan fingerprint density at radius 3 is 3.06 bits per heavy atom. The molecule has 0 aliphatic carbocycles. The number of fused-ring (bicyclic) bond motifs is 1. The highest BCUT2D eigenvalue weighted by molar-refractivity contribution is 5.43. The Balaban J connectivity index is 1.71.